The van der Waals surface area contributed by atoms with Gasteiger partial charge in [0.25, 0.3) is 0 Å². The summed E-state index contributed by atoms with van der Waals surface area (Å²) in [5.41, 5.74) is 0. The summed E-state index contributed by atoms with van der Waals surface area (Å²) in [4.78, 5) is 10.4. The van der Waals surface area contributed by atoms with Crippen LogP contribution in [0.3, 0.4) is 0 Å². The number of carboxylic acids is 1. The van der Waals surface area contributed by atoms with Gasteiger partial charge >= 0.3 is 5.97 Å². The summed E-state index contributed by atoms with van der Waals surface area (Å²) in [6.45, 7) is 1.69. The van der Waals surface area contributed by atoms with Gasteiger partial charge in [-0.3, -0.25) is 4.79 Å². The van der Waals surface area contributed by atoms with Gasteiger partial charge in [-0.1, -0.05) is 27.5 Å². The second-order valence-electron chi connectivity index (χ2n) is 3.10. The van der Waals surface area contributed by atoms with E-state index >= 15 is 0 Å². The molecule has 1 rings (SSSR count). The van der Waals surface area contributed by atoms with Gasteiger partial charge < -0.3 is 9.84 Å². The molecule has 0 fully saturated rings. The van der Waals surface area contributed by atoms with Crippen molar-refractivity contribution in [2.45, 2.75) is 19.4 Å². The minimum Gasteiger partial charge on any atom is -0.489 e. The zero-order chi connectivity index (χ0) is 11.4. The third-order valence-electron chi connectivity index (χ3n) is 1.68. The number of rotatable bonds is 4. The molecule has 0 spiro atoms. The van der Waals surface area contributed by atoms with Crippen LogP contribution >= 0.6 is 27.5 Å². The van der Waals surface area contributed by atoms with Crippen LogP contribution < -0.4 is 4.74 Å². The summed E-state index contributed by atoms with van der Waals surface area (Å²) >= 11 is 9.17. The van der Waals surface area contributed by atoms with E-state index in [1.807, 2.05) is 0 Å². The molecular formula is C10H10BrClO3. The summed E-state index contributed by atoms with van der Waals surface area (Å²) in [5.74, 6) is -0.409. The van der Waals surface area contributed by atoms with Crippen molar-refractivity contribution in [3.63, 3.8) is 0 Å². The zero-order valence-corrected chi connectivity index (χ0v) is 10.4. The monoisotopic (exact) mass is 292 g/mol. The lowest BCUT2D eigenvalue weighted by Crippen LogP contribution is -2.16. The highest BCUT2D eigenvalue weighted by molar-refractivity contribution is 9.10. The largest absolute Gasteiger partial charge is 0.489 e. The molecule has 0 unspecified atom stereocenters. The van der Waals surface area contributed by atoms with Crippen molar-refractivity contribution in [2.24, 2.45) is 0 Å². The van der Waals surface area contributed by atoms with Gasteiger partial charge in [0.2, 0.25) is 0 Å². The van der Waals surface area contributed by atoms with Crippen LogP contribution in [0.15, 0.2) is 22.7 Å². The van der Waals surface area contributed by atoms with Crippen LogP contribution in [0.2, 0.25) is 5.02 Å². The Kier molecular flexibility index (Phi) is 4.42. The van der Waals surface area contributed by atoms with E-state index in [0.29, 0.717) is 10.8 Å². The Morgan fingerprint density at radius 1 is 1.67 bits per heavy atom. The SMILES string of the molecule is C[C@H](CC(=O)O)Oc1cc(Br)ccc1Cl. The predicted octanol–water partition coefficient (Wildman–Crippen LogP) is 3.34. The number of hydrogen-bond acceptors (Lipinski definition) is 2. The summed E-state index contributed by atoms with van der Waals surface area (Å²) in [5, 5.41) is 9.03. The fraction of sp³-hybridized carbons (Fsp3) is 0.300. The van der Waals surface area contributed by atoms with Gasteiger partial charge in [0.15, 0.2) is 0 Å². The van der Waals surface area contributed by atoms with Gasteiger partial charge in [-0.15, -0.1) is 0 Å². The van der Waals surface area contributed by atoms with Crippen LogP contribution in [-0.4, -0.2) is 17.2 Å². The molecule has 0 aromatic heterocycles. The molecule has 0 heterocycles. The van der Waals surface area contributed by atoms with E-state index in [0.717, 1.165) is 4.47 Å². The van der Waals surface area contributed by atoms with E-state index in [2.05, 4.69) is 15.9 Å². The Bertz CT molecular complexity index is 368. The second kappa shape index (κ2) is 5.37. The summed E-state index contributed by atoms with van der Waals surface area (Å²) in [6, 6.07) is 5.19. The number of carbonyl (C=O) groups is 1. The predicted molar refractivity (Wildman–Crippen MR) is 61.5 cm³/mol. The first-order chi connectivity index (χ1) is 6.99. The number of aliphatic carboxylic acids is 1. The molecule has 1 aromatic carbocycles. The van der Waals surface area contributed by atoms with Gasteiger partial charge in [-0.2, -0.15) is 0 Å². The van der Waals surface area contributed by atoms with E-state index in [9.17, 15) is 4.79 Å². The molecule has 0 aliphatic heterocycles. The van der Waals surface area contributed by atoms with Crippen molar-refractivity contribution in [1.29, 1.82) is 0 Å². The minimum absolute atomic E-state index is 0.0527. The van der Waals surface area contributed by atoms with E-state index in [-0.39, 0.29) is 6.42 Å². The highest BCUT2D eigenvalue weighted by atomic mass is 79.9. The fourth-order valence-electron chi connectivity index (χ4n) is 1.07. The molecule has 3 nitrogen and oxygen atoms in total. The molecule has 1 N–H and O–H groups in total. The van der Waals surface area contributed by atoms with Crippen molar-refractivity contribution in [3.05, 3.63) is 27.7 Å². The Labute approximate surface area is 101 Å². The number of carboxylic acid groups (broad SMARTS) is 1. The first-order valence-corrected chi connectivity index (χ1v) is 5.49. The molecule has 1 aromatic rings. The maximum atomic E-state index is 10.4. The van der Waals surface area contributed by atoms with Gasteiger partial charge in [0.1, 0.15) is 11.9 Å². The lowest BCUT2D eigenvalue weighted by Gasteiger charge is -2.13. The number of halogens is 2. The average molecular weight is 294 g/mol. The second-order valence-corrected chi connectivity index (χ2v) is 4.42. The molecule has 0 saturated heterocycles. The molecule has 5 heteroatoms. The molecule has 0 amide bonds. The van der Waals surface area contributed by atoms with Crippen LogP contribution in [0.4, 0.5) is 0 Å². The Morgan fingerprint density at radius 3 is 2.93 bits per heavy atom. The molecule has 15 heavy (non-hydrogen) atoms. The highest BCUT2D eigenvalue weighted by Crippen LogP contribution is 2.28. The van der Waals surface area contributed by atoms with Crippen LogP contribution in [0, 0.1) is 0 Å². The molecular weight excluding hydrogens is 283 g/mol. The van der Waals surface area contributed by atoms with E-state index < -0.39 is 12.1 Å². The lowest BCUT2D eigenvalue weighted by atomic mass is 10.3. The summed E-state index contributed by atoms with van der Waals surface area (Å²) < 4.78 is 6.23. The molecule has 0 aliphatic carbocycles. The molecule has 0 radical (unpaired) electrons. The van der Waals surface area contributed by atoms with Crippen molar-refractivity contribution < 1.29 is 14.6 Å². The Balaban J connectivity index is 2.71. The van der Waals surface area contributed by atoms with Crippen molar-refractivity contribution >= 4 is 33.5 Å². The maximum absolute atomic E-state index is 10.4. The fourth-order valence-corrected chi connectivity index (χ4v) is 1.57. The van der Waals surface area contributed by atoms with Gasteiger partial charge in [0, 0.05) is 4.47 Å². The molecule has 0 bridgehead atoms. The van der Waals surface area contributed by atoms with Gasteiger partial charge in [-0.05, 0) is 25.1 Å². The molecule has 0 saturated carbocycles. The zero-order valence-electron chi connectivity index (χ0n) is 8.04. The maximum Gasteiger partial charge on any atom is 0.307 e. The molecule has 1 atom stereocenters. The summed E-state index contributed by atoms with van der Waals surface area (Å²) in [7, 11) is 0. The van der Waals surface area contributed by atoms with Crippen LogP contribution in [-0.2, 0) is 4.79 Å². The minimum atomic E-state index is -0.895. The molecule has 0 aliphatic rings. The van der Waals surface area contributed by atoms with Crippen molar-refractivity contribution in [1.82, 2.24) is 0 Å². The third kappa shape index (κ3) is 4.10. The smallest absolute Gasteiger partial charge is 0.307 e. The van der Waals surface area contributed by atoms with Crippen LogP contribution in [0.1, 0.15) is 13.3 Å². The van der Waals surface area contributed by atoms with Crippen LogP contribution in [0.5, 0.6) is 5.75 Å². The quantitative estimate of drug-likeness (QED) is 0.926. The van der Waals surface area contributed by atoms with Gasteiger partial charge in [-0.25, -0.2) is 0 Å². The third-order valence-corrected chi connectivity index (χ3v) is 2.49. The first kappa shape index (κ1) is 12.3. The molecule has 82 valence electrons. The Morgan fingerprint density at radius 2 is 2.33 bits per heavy atom. The summed E-state index contributed by atoms with van der Waals surface area (Å²) in [6.07, 6.45) is -0.461. The number of ether oxygens (including phenoxy) is 1. The lowest BCUT2D eigenvalue weighted by molar-refractivity contribution is -0.138. The van der Waals surface area contributed by atoms with Crippen molar-refractivity contribution in [2.75, 3.05) is 0 Å². The topological polar surface area (TPSA) is 46.5 Å². The number of benzene rings is 1. The van der Waals surface area contributed by atoms with E-state index in [1.165, 1.54) is 0 Å². The number of hydrogen-bond donors (Lipinski definition) is 1. The van der Waals surface area contributed by atoms with E-state index in [1.54, 1.807) is 25.1 Å². The first-order valence-electron chi connectivity index (χ1n) is 4.32. The average Bonchev–Trinajstić information content (AvgIpc) is 2.10. The highest BCUT2D eigenvalue weighted by Gasteiger charge is 2.11. The Hall–Kier alpha value is -0.740. The normalized spacial score (nSPS) is 12.2. The van der Waals surface area contributed by atoms with Gasteiger partial charge in [0.05, 0.1) is 11.4 Å². The van der Waals surface area contributed by atoms with E-state index in [4.69, 9.17) is 21.4 Å². The van der Waals surface area contributed by atoms with Crippen molar-refractivity contribution in [3.8, 4) is 5.75 Å². The van der Waals surface area contributed by atoms with Crippen LogP contribution in [0.25, 0.3) is 0 Å². The standard InChI is InChI=1S/C10H10BrClO3/c1-6(4-10(13)14)15-9-5-7(11)2-3-8(9)12/h2-3,5-6H,4H2,1H3,(H,13,14)/t6-/m1/s1.